The van der Waals surface area contributed by atoms with Gasteiger partial charge in [0.2, 0.25) is 0 Å². The number of aryl methyl sites for hydroxylation is 4. The van der Waals surface area contributed by atoms with Gasteiger partial charge in [0.15, 0.2) is 23.1 Å². The molecule has 0 fully saturated rings. The zero-order valence-corrected chi connectivity index (χ0v) is 41.7. The van der Waals surface area contributed by atoms with E-state index in [4.69, 9.17) is 0 Å². The molecule has 4 nitrogen and oxygen atoms in total. The smallest absolute Gasteiger partial charge is 0.160 e. The standard InChI is InChI=1S/2C27H24O2.4C2H6/c1-18(28)26-22(16-14-20-8-3-5-12-24(20)26)10-7-11-23-17-15-21-9-4-6-13-25(21)27(23)19(2)29;1-18(28)22-16-14-20-8-3-5-10-24(20)26(22)12-7-13-27-23(19(2)29)17-15-21-9-4-6-11-25(21)27;4*1-2/h3-6,8-9,12-17H,7,10-11H2,1-2H3;3-6,8-11,14-17H,7,12-13H2,1-2H3;4*1-2H3. The SMILES string of the molecule is CC.CC.CC.CC.CC(=O)c1c(CCCc2ccc3ccccc3c2C(C)=O)ccc2ccccc12.CC(=O)c1ccc2ccccc2c1CCCc1c(C(C)=O)ccc2ccccc12. The van der Waals surface area contributed by atoms with Crippen LogP contribution >= 0.6 is 0 Å². The Bertz CT molecular complexity index is 2670. The lowest BCUT2D eigenvalue weighted by molar-refractivity contribution is 0.100. The molecule has 0 radical (unpaired) electrons. The summed E-state index contributed by atoms with van der Waals surface area (Å²) in [6.07, 6.45) is 4.99. The highest BCUT2D eigenvalue weighted by molar-refractivity contribution is 6.09. The Morgan fingerprint density at radius 2 is 0.576 bits per heavy atom. The van der Waals surface area contributed by atoms with Crippen molar-refractivity contribution in [3.8, 4) is 0 Å². The summed E-state index contributed by atoms with van der Waals surface area (Å²) in [4.78, 5) is 49.2. The average molecular weight is 881 g/mol. The van der Waals surface area contributed by atoms with Gasteiger partial charge in [-0.15, -0.1) is 0 Å². The Morgan fingerprint density at radius 3 is 0.894 bits per heavy atom. The van der Waals surface area contributed by atoms with Gasteiger partial charge in [-0.1, -0.05) is 201 Å². The van der Waals surface area contributed by atoms with Gasteiger partial charge in [-0.2, -0.15) is 0 Å². The third kappa shape index (κ3) is 13.3. The summed E-state index contributed by atoms with van der Waals surface area (Å²) in [5.74, 6) is 0.402. The minimum atomic E-state index is 0.0975. The highest BCUT2D eigenvalue weighted by Crippen LogP contribution is 2.30. The van der Waals surface area contributed by atoms with Crippen molar-refractivity contribution < 1.29 is 19.2 Å². The maximum absolute atomic E-state index is 12.4. The van der Waals surface area contributed by atoms with Crippen LogP contribution in [0.4, 0.5) is 0 Å². The van der Waals surface area contributed by atoms with Crippen molar-refractivity contribution >= 4 is 66.2 Å². The molecule has 0 aliphatic carbocycles. The summed E-state index contributed by atoms with van der Waals surface area (Å²) < 4.78 is 0. The second-order valence-electron chi connectivity index (χ2n) is 15.2. The van der Waals surface area contributed by atoms with Crippen LogP contribution < -0.4 is 0 Å². The number of hydrogen-bond acceptors (Lipinski definition) is 4. The molecule has 0 bridgehead atoms. The molecule has 0 saturated carbocycles. The molecule has 344 valence electrons. The molecule has 8 aromatic carbocycles. The van der Waals surface area contributed by atoms with Gasteiger partial charge in [0.25, 0.3) is 0 Å². The number of carbonyl (C=O) groups is 4. The second kappa shape index (κ2) is 27.7. The molecule has 0 amide bonds. The van der Waals surface area contributed by atoms with Gasteiger partial charge >= 0.3 is 0 Å². The van der Waals surface area contributed by atoms with Crippen molar-refractivity contribution in [2.45, 2.75) is 122 Å². The summed E-state index contributed by atoms with van der Waals surface area (Å²) in [7, 11) is 0. The van der Waals surface area contributed by atoms with Crippen LogP contribution in [0.1, 0.15) is 160 Å². The zero-order chi connectivity index (χ0) is 48.8. The molecule has 0 aliphatic rings. The number of rotatable bonds is 12. The van der Waals surface area contributed by atoms with E-state index in [1.54, 1.807) is 27.7 Å². The highest BCUT2D eigenvalue weighted by Gasteiger charge is 2.16. The van der Waals surface area contributed by atoms with Crippen molar-refractivity contribution in [2.24, 2.45) is 0 Å². The van der Waals surface area contributed by atoms with Crippen LogP contribution in [0.3, 0.4) is 0 Å². The molecule has 66 heavy (non-hydrogen) atoms. The Kier molecular flexibility index (Phi) is 22.6. The molecule has 0 heterocycles. The van der Waals surface area contributed by atoms with Gasteiger partial charge in [-0.25, -0.2) is 0 Å². The van der Waals surface area contributed by atoms with Crippen molar-refractivity contribution in [2.75, 3.05) is 0 Å². The number of ketones is 4. The van der Waals surface area contributed by atoms with Crippen LogP contribution in [-0.2, 0) is 25.7 Å². The van der Waals surface area contributed by atoms with E-state index >= 15 is 0 Å². The summed E-state index contributed by atoms with van der Waals surface area (Å²) in [5, 5.41) is 8.82. The summed E-state index contributed by atoms with van der Waals surface area (Å²) in [6.45, 7) is 22.5. The lowest BCUT2D eigenvalue weighted by Crippen LogP contribution is -2.04. The average Bonchev–Trinajstić information content (AvgIpc) is 3.36. The summed E-state index contributed by atoms with van der Waals surface area (Å²) in [6, 6.07) is 48.8. The van der Waals surface area contributed by atoms with Gasteiger partial charge in [0, 0.05) is 22.3 Å². The molecule has 0 saturated heterocycles. The molecule has 0 atom stereocenters. The number of fused-ring (bicyclic) bond motifs is 4. The van der Waals surface area contributed by atoms with Crippen molar-refractivity contribution in [3.05, 3.63) is 190 Å². The monoisotopic (exact) mass is 881 g/mol. The van der Waals surface area contributed by atoms with Gasteiger partial charge in [-0.05, 0) is 132 Å². The molecule has 4 heteroatoms. The fourth-order valence-corrected chi connectivity index (χ4v) is 8.66. The molecule has 0 aliphatic heterocycles. The van der Waals surface area contributed by atoms with Crippen molar-refractivity contribution in [3.63, 3.8) is 0 Å². The van der Waals surface area contributed by atoms with Crippen molar-refractivity contribution in [1.29, 1.82) is 0 Å². The third-order valence-corrected chi connectivity index (χ3v) is 11.3. The fourth-order valence-electron chi connectivity index (χ4n) is 8.66. The molecule has 0 aromatic heterocycles. The van der Waals surface area contributed by atoms with Gasteiger partial charge in [-0.3, -0.25) is 19.2 Å². The third-order valence-electron chi connectivity index (χ3n) is 11.3. The topological polar surface area (TPSA) is 68.3 Å². The Labute approximate surface area is 395 Å². The minimum absolute atomic E-state index is 0.0975. The maximum atomic E-state index is 12.4. The first-order chi connectivity index (χ1) is 32.1. The molecule has 8 rings (SSSR count). The molecule has 0 N–H and O–H groups in total. The number of Topliss-reactive ketones (excluding diaryl/α,β-unsaturated/α-hetero) is 4. The summed E-state index contributed by atoms with van der Waals surface area (Å²) in [5.41, 5.74) is 7.65. The zero-order valence-electron chi connectivity index (χ0n) is 41.7. The van der Waals surface area contributed by atoms with Crippen LogP contribution in [0.15, 0.2) is 146 Å². The first kappa shape index (κ1) is 53.8. The fraction of sp³-hybridized carbons (Fsp3) is 0.290. The predicted molar refractivity (Wildman–Crippen MR) is 285 cm³/mol. The number of benzene rings is 8. The van der Waals surface area contributed by atoms with Crippen LogP contribution in [0.2, 0.25) is 0 Å². The number of hydrogen-bond donors (Lipinski definition) is 0. The van der Waals surface area contributed by atoms with Crippen LogP contribution in [-0.4, -0.2) is 23.1 Å². The normalized spacial score (nSPS) is 10.1. The number of carbonyl (C=O) groups excluding carboxylic acids is 4. The van der Waals surface area contributed by atoms with Crippen LogP contribution in [0.5, 0.6) is 0 Å². The van der Waals surface area contributed by atoms with Crippen LogP contribution in [0.25, 0.3) is 43.1 Å². The van der Waals surface area contributed by atoms with Gasteiger partial charge in [0.1, 0.15) is 0 Å². The van der Waals surface area contributed by atoms with E-state index in [2.05, 4.69) is 48.5 Å². The lowest BCUT2D eigenvalue weighted by Gasteiger charge is -2.14. The van der Waals surface area contributed by atoms with E-state index < -0.39 is 0 Å². The van der Waals surface area contributed by atoms with E-state index in [9.17, 15) is 19.2 Å². The Morgan fingerprint density at radius 1 is 0.303 bits per heavy atom. The van der Waals surface area contributed by atoms with E-state index in [1.807, 2.05) is 152 Å². The van der Waals surface area contributed by atoms with E-state index in [1.165, 1.54) is 0 Å². The summed E-state index contributed by atoms with van der Waals surface area (Å²) >= 11 is 0. The highest BCUT2D eigenvalue weighted by atomic mass is 16.1. The van der Waals surface area contributed by atoms with E-state index in [0.717, 1.165) is 126 Å². The maximum Gasteiger partial charge on any atom is 0.160 e. The second-order valence-corrected chi connectivity index (χ2v) is 15.2. The first-order valence-electron chi connectivity index (χ1n) is 24.2. The molecule has 0 spiro atoms. The molecular weight excluding hydrogens is 809 g/mol. The molecule has 8 aromatic rings. The predicted octanol–water partition coefficient (Wildman–Crippen LogP) is 17.3. The van der Waals surface area contributed by atoms with Crippen molar-refractivity contribution in [1.82, 2.24) is 0 Å². The Balaban J connectivity index is 0.000000305. The van der Waals surface area contributed by atoms with E-state index in [-0.39, 0.29) is 23.1 Å². The molecular formula is C62H72O4. The van der Waals surface area contributed by atoms with Gasteiger partial charge in [0.05, 0.1) is 0 Å². The Hall–Kier alpha value is -6.52. The molecule has 0 unspecified atom stereocenters. The quantitative estimate of drug-likeness (QED) is 0.115. The largest absolute Gasteiger partial charge is 0.295 e. The van der Waals surface area contributed by atoms with E-state index in [0.29, 0.717) is 0 Å². The minimum Gasteiger partial charge on any atom is -0.295 e. The van der Waals surface area contributed by atoms with Gasteiger partial charge < -0.3 is 0 Å². The van der Waals surface area contributed by atoms with Crippen LogP contribution in [0, 0.1) is 0 Å². The first-order valence-corrected chi connectivity index (χ1v) is 24.2. The lowest BCUT2D eigenvalue weighted by atomic mass is 9.90.